The first kappa shape index (κ1) is 27.4. The van der Waals surface area contributed by atoms with Crippen LogP contribution < -0.4 is 14.8 Å². The molecule has 1 saturated heterocycles. The summed E-state index contributed by atoms with van der Waals surface area (Å²) in [4.78, 5) is 23.2. The predicted octanol–water partition coefficient (Wildman–Crippen LogP) is 5.31. The lowest BCUT2D eigenvalue weighted by Crippen LogP contribution is -2.35. The average Bonchev–Trinajstić information content (AvgIpc) is 3.39. The summed E-state index contributed by atoms with van der Waals surface area (Å²) in [6.07, 6.45) is 6.04. The number of piperidine rings is 1. The monoisotopic (exact) mass is 550 g/mol. The Morgan fingerprint density at radius 3 is 2.60 bits per heavy atom. The number of benzene rings is 2. The summed E-state index contributed by atoms with van der Waals surface area (Å²) in [5, 5.41) is 7.39. The molecule has 11 heteroatoms. The van der Waals surface area contributed by atoms with Crippen molar-refractivity contribution in [1.29, 1.82) is 0 Å². The lowest BCUT2D eigenvalue weighted by Gasteiger charge is -2.29. The van der Waals surface area contributed by atoms with Crippen LogP contribution in [-0.2, 0) is 16.8 Å². The zero-order valence-corrected chi connectivity index (χ0v) is 22.9. The Balaban J connectivity index is 1.30. The van der Waals surface area contributed by atoms with Crippen molar-refractivity contribution in [2.45, 2.75) is 51.7 Å². The quantitative estimate of drug-likeness (QED) is 0.333. The molecule has 2 aromatic heterocycles. The lowest BCUT2D eigenvalue weighted by molar-refractivity contribution is -0.115. The van der Waals surface area contributed by atoms with Crippen LogP contribution in [0.2, 0.25) is 0 Å². The Morgan fingerprint density at radius 1 is 1.10 bits per heavy atom. The molecule has 40 heavy (non-hydrogen) atoms. The van der Waals surface area contributed by atoms with E-state index in [1.54, 1.807) is 23.0 Å². The zero-order chi connectivity index (χ0) is 28.4. The van der Waals surface area contributed by atoms with Gasteiger partial charge >= 0.3 is 0 Å². The van der Waals surface area contributed by atoms with Crippen LogP contribution in [0.5, 0.6) is 17.4 Å². The highest BCUT2D eigenvalue weighted by Gasteiger charge is 2.21. The average molecular weight is 551 g/mol. The van der Waals surface area contributed by atoms with E-state index in [1.807, 2.05) is 26.8 Å². The van der Waals surface area contributed by atoms with Crippen molar-refractivity contribution in [3.05, 3.63) is 66.3 Å². The Labute approximate surface area is 231 Å². The highest BCUT2D eigenvalue weighted by Crippen LogP contribution is 2.33. The number of nitrogens with one attached hydrogen (secondary N) is 1. The third kappa shape index (κ3) is 6.20. The first-order valence-electron chi connectivity index (χ1n) is 13.2. The fraction of sp³-hybridized carbons (Fsp3) is 0.379. The molecule has 0 radical (unpaired) electrons. The molecule has 1 N–H and O–H groups in total. The predicted molar refractivity (Wildman–Crippen MR) is 147 cm³/mol. The summed E-state index contributed by atoms with van der Waals surface area (Å²) < 4.78 is 43.6. The largest absolute Gasteiger partial charge is 0.490 e. The molecule has 210 valence electrons. The second kappa shape index (κ2) is 11.2. The fourth-order valence-electron chi connectivity index (χ4n) is 4.49. The SMILES string of the molecule is CN1CCC(Oc2ccc3ncnc(Oc4ccc(CC(=O)Nc5cnn(C(C)(C)C)c5)c(F)c4F)c3c2)CC1. The molecule has 0 spiro atoms. The van der Waals surface area contributed by atoms with Crippen LogP contribution in [-0.4, -0.2) is 56.8 Å². The van der Waals surface area contributed by atoms with Crippen molar-refractivity contribution in [3.8, 4) is 17.4 Å². The van der Waals surface area contributed by atoms with Crippen LogP contribution >= 0.6 is 0 Å². The molecule has 3 heterocycles. The van der Waals surface area contributed by atoms with Gasteiger partial charge in [0.15, 0.2) is 11.6 Å². The highest BCUT2D eigenvalue weighted by molar-refractivity contribution is 5.92. The minimum absolute atomic E-state index is 0.0680. The topological polar surface area (TPSA) is 94.4 Å². The number of halogens is 2. The van der Waals surface area contributed by atoms with Crippen LogP contribution in [0.1, 0.15) is 39.2 Å². The number of aromatic nitrogens is 4. The molecule has 1 fully saturated rings. The van der Waals surface area contributed by atoms with Crippen LogP contribution in [0.3, 0.4) is 0 Å². The second-order valence-electron chi connectivity index (χ2n) is 11.0. The van der Waals surface area contributed by atoms with Gasteiger partial charge in [0.05, 0.1) is 34.7 Å². The minimum Gasteiger partial charge on any atom is -0.490 e. The number of amides is 1. The van der Waals surface area contributed by atoms with Gasteiger partial charge in [-0.15, -0.1) is 0 Å². The van der Waals surface area contributed by atoms with E-state index in [0.29, 0.717) is 22.3 Å². The molecule has 0 saturated carbocycles. The van der Waals surface area contributed by atoms with E-state index in [-0.39, 0.29) is 35.3 Å². The molecular weight excluding hydrogens is 518 g/mol. The van der Waals surface area contributed by atoms with Crippen LogP contribution in [0.25, 0.3) is 10.9 Å². The summed E-state index contributed by atoms with van der Waals surface area (Å²) in [5.74, 6) is -2.53. The number of hydrogen-bond donors (Lipinski definition) is 1. The van der Waals surface area contributed by atoms with Crippen LogP contribution in [0.4, 0.5) is 14.5 Å². The first-order valence-corrected chi connectivity index (χ1v) is 13.2. The molecular formula is C29H32F2N6O3. The van der Waals surface area contributed by atoms with Gasteiger partial charge in [-0.3, -0.25) is 9.48 Å². The lowest BCUT2D eigenvalue weighted by atomic mass is 10.1. The maximum Gasteiger partial charge on any atom is 0.230 e. The van der Waals surface area contributed by atoms with Gasteiger partial charge in [-0.1, -0.05) is 6.07 Å². The normalized spacial score (nSPS) is 14.8. The van der Waals surface area contributed by atoms with Gasteiger partial charge in [0.2, 0.25) is 17.6 Å². The third-order valence-corrected chi connectivity index (χ3v) is 6.78. The van der Waals surface area contributed by atoms with E-state index >= 15 is 4.39 Å². The summed E-state index contributed by atoms with van der Waals surface area (Å²) in [5.41, 5.74) is 0.678. The van der Waals surface area contributed by atoms with Crippen LogP contribution in [0, 0.1) is 11.6 Å². The van der Waals surface area contributed by atoms with Gasteiger partial charge in [-0.2, -0.15) is 9.49 Å². The van der Waals surface area contributed by atoms with E-state index in [2.05, 4.69) is 32.3 Å². The standard InChI is InChI=1S/C29H32F2N6O3/c1-29(2,3)37-16-19(15-34-37)35-25(38)13-18-5-8-24(27(31)26(18)30)40-28-22-14-21(6-7-23(22)32-17-33-28)39-20-9-11-36(4)12-10-20/h5-8,14-17,20H,9-13H2,1-4H3,(H,35,38). The van der Waals surface area contributed by atoms with Gasteiger partial charge in [0.25, 0.3) is 0 Å². The number of carbonyl (C=O) groups excluding carboxylic acids is 1. The van der Waals surface area contributed by atoms with Gasteiger partial charge in [0, 0.05) is 24.8 Å². The van der Waals surface area contributed by atoms with Crippen molar-refractivity contribution in [2.75, 3.05) is 25.5 Å². The van der Waals surface area contributed by atoms with Gasteiger partial charge in [-0.05, 0) is 64.9 Å². The fourth-order valence-corrected chi connectivity index (χ4v) is 4.49. The molecule has 5 rings (SSSR count). The van der Waals surface area contributed by atoms with Crippen LogP contribution in [0.15, 0.2) is 49.1 Å². The summed E-state index contributed by atoms with van der Waals surface area (Å²) >= 11 is 0. The number of nitrogens with zero attached hydrogens (tertiary/aromatic N) is 5. The molecule has 1 aliphatic heterocycles. The molecule has 2 aromatic carbocycles. The summed E-state index contributed by atoms with van der Waals surface area (Å²) in [6.45, 7) is 7.84. The van der Waals surface area contributed by atoms with Crippen molar-refractivity contribution in [2.24, 2.45) is 0 Å². The van der Waals surface area contributed by atoms with Gasteiger partial charge < -0.3 is 19.7 Å². The molecule has 0 atom stereocenters. The first-order chi connectivity index (χ1) is 19.1. The van der Waals surface area contributed by atoms with E-state index in [0.717, 1.165) is 25.9 Å². The highest BCUT2D eigenvalue weighted by atomic mass is 19.2. The molecule has 9 nitrogen and oxygen atoms in total. The Bertz CT molecular complexity index is 1530. The molecule has 4 aromatic rings. The van der Waals surface area contributed by atoms with Crippen molar-refractivity contribution in [3.63, 3.8) is 0 Å². The van der Waals surface area contributed by atoms with E-state index in [1.165, 1.54) is 24.7 Å². The Kier molecular flexibility index (Phi) is 7.66. The molecule has 0 unspecified atom stereocenters. The Morgan fingerprint density at radius 2 is 1.88 bits per heavy atom. The number of rotatable bonds is 7. The minimum atomic E-state index is -1.21. The number of carbonyl (C=O) groups is 1. The smallest absolute Gasteiger partial charge is 0.230 e. The van der Waals surface area contributed by atoms with Crippen molar-refractivity contribution in [1.82, 2.24) is 24.6 Å². The van der Waals surface area contributed by atoms with Gasteiger partial charge in [-0.25, -0.2) is 14.4 Å². The summed E-state index contributed by atoms with van der Waals surface area (Å²) in [7, 11) is 2.08. The molecule has 0 aliphatic carbocycles. The maximum absolute atomic E-state index is 15.1. The number of ether oxygens (including phenoxy) is 2. The summed E-state index contributed by atoms with van der Waals surface area (Å²) in [6, 6.07) is 7.96. The third-order valence-electron chi connectivity index (χ3n) is 6.78. The van der Waals surface area contributed by atoms with Gasteiger partial charge in [0.1, 0.15) is 18.2 Å². The second-order valence-corrected chi connectivity index (χ2v) is 11.0. The van der Waals surface area contributed by atoms with E-state index in [9.17, 15) is 9.18 Å². The number of anilines is 1. The number of hydrogen-bond acceptors (Lipinski definition) is 7. The molecule has 0 bridgehead atoms. The van der Waals surface area contributed by atoms with E-state index < -0.39 is 17.5 Å². The number of likely N-dealkylation sites (tertiary alicyclic amines) is 1. The Hall–Kier alpha value is -4.12. The van der Waals surface area contributed by atoms with Crippen molar-refractivity contribution >= 4 is 22.5 Å². The number of fused-ring (bicyclic) bond motifs is 1. The zero-order valence-electron chi connectivity index (χ0n) is 22.9. The molecule has 1 amide bonds. The molecule has 1 aliphatic rings. The maximum atomic E-state index is 15.1. The van der Waals surface area contributed by atoms with Crippen molar-refractivity contribution < 1.29 is 23.0 Å². The van der Waals surface area contributed by atoms with E-state index in [4.69, 9.17) is 9.47 Å².